The van der Waals surface area contributed by atoms with Gasteiger partial charge in [0.1, 0.15) is 0 Å². The number of nitrogens with zero attached hydrogens (tertiary/aromatic N) is 1. The van der Waals surface area contributed by atoms with Crippen LogP contribution in [0, 0.1) is 0 Å². The first kappa shape index (κ1) is 15.1. The fraction of sp³-hybridized carbons (Fsp3) is 0.412. The number of Topliss-reactive ketones (excluding diaryl/α,β-unsaturated/α-hetero) is 1. The summed E-state index contributed by atoms with van der Waals surface area (Å²) in [6.07, 6.45) is 3.96. The number of hydrogen-bond acceptors (Lipinski definition) is 2. The van der Waals surface area contributed by atoms with E-state index in [0.29, 0.717) is 23.4 Å². The highest BCUT2D eigenvalue weighted by atomic mass is 35.5. The number of ketones is 1. The molecule has 1 aromatic rings. The highest BCUT2D eigenvalue weighted by molar-refractivity contribution is 6.31. The van der Waals surface area contributed by atoms with Crippen LogP contribution in [-0.4, -0.2) is 34.0 Å². The normalized spacial score (nSPS) is 23.4. The molecule has 2 heterocycles. The van der Waals surface area contributed by atoms with E-state index in [1.54, 1.807) is 17.0 Å². The van der Waals surface area contributed by atoms with E-state index < -0.39 is 6.09 Å². The molecule has 2 bridgehead atoms. The average molecular weight is 320 g/mol. The first-order valence-corrected chi connectivity index (χ1v) is 7.94. The highest BCUT2D eigenvalue weighted by Crippen LogP contribution is 2.39. The molecule has 22 heavy (non-hydrogen) atoms. The zero-order valence-corrected chi connectivity index (χ0v) is 13.1. The molecular formula is C17H18ClNO3. The van der Waals surface area contributed by atoms with E-state index >= 15 is 0 Å². The minimum Gasteiger partial charge on any atom is -0.465 e. The van der Waals surface area contributed by atoms with Gasteiger partial charge in [0.2, 0.25) is 0 Å². The Bertz CT molecular complexity index is 668. The molecule has 1 N–H and O–H groups in total. The molecule has 1 saturated heterocycles. The lowest BCUT2D eigenvalue weighted by molar-refractivity contribution is 0.0987. The average Bonchev–Trinajstić information content (AvgIpc) is 2.77. The number of hydrogen-bond donors (Lipinski definition) is 1. The van der Waals surface area contributed by atoms with Crippen LogP contribution in [0.4, 0.5) is 4.79 Å². The van der Waals surface area contributed by atoms with Crippen LogP contribution in [0.15, 0.2) is 24.3 Å². The molecule has 0 spiro atoms. The van der Waals surface area contributed by atoms with Gasteiger partial charge in [-0.05, 0) is 42.5 Å². The minimum atomic E-state index is -0.858. The van der Waals surface area contributed by atoms with E-state index in [1.807, 2.05) is 19.1 Å². The lowest BCUT2D eigenvalue weighted by Crippen LogP contribution is -2.42. The van der Waals surface area contributed by atoms with Gasteiger partial charge >= 0.3 is 6.09 Å². The van der Waals surface area contributed by atoms with Gasteiger partial charge in [-0.1, -0.05) is 30.7 Å². The van der Waals surface area contributed by atoms with Crippen LogP contribution >= 0.6 is 11.6 Å². The third-order valence-electron chi connectivity index (χ3n) is 4.57. The number of carbonyl (C=O) groups excluding carboxylic acids is 1. The summed E-state index contributed by atoms with van der Waals surface area (Å²) >= 11 is 6.03. The number of carboxylic acid groups (broad SMARTS) is 1. The molecule has 1 fully saturated rings. The van der Waals surface area contributed by atoms with Crippen molar-refractivity contribution in [1.82, 2.24) is 4.90 Å². The summed E-state index contributed by atoms with van der Waals surface area (Å²) < 4.78 is 0. The Hall–Kier alpha value is -1.81. The topological polar surface area (TPSA) is 57.6 Å². The number of benzene rings is 1. The number of fused-ring (bicyclic) bond motifs is 2. The molecular weight excluding hydrogens is 302 g/mol. The van der Waals surface area contributed by atoms with Crippen molar-refractivity contribution in [3.05, 3.63) is 40.4 Å². The van der Waals surface area contributed by atoms with Gasteiger partial charge in [0, 0.05) is 23.0 Å². The van der Waals surface area contributed by atoms with Gasteiger partial charge in [-0.25, -0.2) is 4.79 Å². The zero-order valence-electron chi connectivity index (χ0n) is 12.4. The van der Waals surface area contributed by atoms with E-state index in [1.165, 1.54) is 0 Å². The van der Waals surface area contributed by atoms with E-state index in [0.717, 1.165) is 24.0 Å². The predicted molar refractivity (Wildman–Crippen MR) is 85.3 cm³/mol. The van der Waals surface area contributed by atoms with Crippen LogP contribution in [0.3, 0.4) is 0 Å². The van der Waals surface area contributed by atoms with Crippen LogP contribution in [0.25, 0.3) is 5.57 Å². The first-order valence-electron chi connectivity index (χ1n) is 7.56. The molecule has 0 aromatic heterocycles. The van der Waals surface area contributed by atoms with E-state index in [2.05, 4.69) is 0 Å². The summed E-state index contributed by atoms with van der Waals surface area (Å²) in [4.78, 5) is 25.1. The van der Waals surface area contributed by atoms with Crippen LogP contribution in [-0.2, 0) is 0 Å². The maximum Gasteiger partial charge on any atom is 0.408 e. The SMILES string of the molecule is CCC(=O)c1cc(Cl)ccc1C1=CC2CCC(C1)N2C(=O)O. The Labute approximate surface area is 134 Å². The maximum absolute atomic E-state index is 12.2. The van der Waals surface area contributed by atoms with Crippen molar-refractivity contribution in [3.8, 4) is 0 Å². The number of carbonyl (C=O) groups is 2. The Morgan fingerprint density at radius 1 is 1.36 bits per heavy atom. The number of halogens is 1. The Morgan fingerprint density at radius 3 is 2.77 bits per heavy atom. The molecule has 1 aromatic carbocycles. The number of amides is 1. The summed E-state index contributed by atoms with van der Waals surface area (Å²) in [6, 6.07) is 5.33. The first-order chi connectivity index (χ1) is 10.5. The lowest BCUT2D eigenvalue weighted by atomic mass is 9.90. The zero-order chi connectivity index (χ0) is 15.9. The second-order valence-corrected chi connectivity index (χ2v) is 6.29. The molecule has 2 atom stereocenters. The summed E-state index contributed by atoms with van der Waals surface area (Å²) in [5.41, 5.74) is 2.61. The quantitative estimate of drug-likeness (QED) is 0.848. The molecule has 0 aliphatic carbocycles. The molecule has 2 unspecified atom stereocenters. The van der Waals surface area contributed by atoms with E-state index in [4.69, 9.17) is 11.6 Å². The molecule has 0 radical (unpaired) electrons. The summed E-state index contributed by atoms with van der Waals surface area (Å²) in [5.74, 6) is 0.0615. The second kappa shape index (κ2) is 5.76. The lowest BCUT2D eigenvalue weighted by Gasteiger charge is -2.32. The van der Waals surface area contributed by atoms with Crippen LogP contribution in [0.2, 0.25) is 5.02 Å². The third kappa shape index (κ3) is 2.52. The Morgan fingerprint density at radius 2 is 2.14 bits per heavy atom. The van der Waals surface area contributed by atoms with Crippen molar-refractivity contribution >= 4 is 29.1 Å². The van der Waals surface area contributed by atoms with Gasteiger partial charge in [-0.2, -0.15) is 0 Å². The minimum absolute atomic E-state index is 0.0164. The Kier molecular flexibility index (Phi) is 3.96. The molecule has 1 amide bonds. The fourth-order valence-electron chi connectivity index (χ4n) is 3.55. The van der Waals surface area contributed by atoms with Crippen molar-refractivity contribution in [2.75, 3.05) is 0 Å². The van der Waals surface area contributed by atoms with Crippen LogP contribution < -0.4 is 0 Å². The molecule has 116 valence electrons. The highest BCUT2D eigenvalue weighted by Gasteiger charge is 2.40. The molecule has 0 saturated carbocycles. The molecule has 4 nitrogen and oxygen atoms in total. The molecule has 5 heteroatoms. The standard InChI is InChI=1S/C17H18ClNO3/c1-2-16(20)15-9-11(18)3-6-14(15)10-7-12-4-5-13(8-10)19(12)17(21)22/h3,6-7,9,12-13H,2,4-5,8H2,1H3,(H,21,22). The molecule has 3 rings (SSSR count). The molecule has 2 aliphatic heterocycles. The van der Waals surface area contributed by atoms with Gasteiger partial charge in [-0.15, -0.1) is 0 Å². The van der Waals surface area contributed by atoms with Crippen molar-refractivity contribution in [1.29, 1.82) is 0 Å². The fourth-order valence-corrected chi connectivity index (χ4v) is 3.72. The van der Waals surface area contributed by atoms with Crippen LogP contribution in [0.1, 0.15) is 48.5 Å². The number of rotatable bonds is 3. The smallest absolute Gasteiger partial charge is 0.408 e. The molecule has 2 aliphatic rings. The van der Waals surface area contributed by atoms with Crippen LogP contribution in [0.5, 0.6) is 0 Å². The van der Waals surface area contributed by atoms with Gasteiger partial charge in [0.15, 0.2) is 5.78 Å². The van der Waals surface area contributed by atoms with Crippen molar-refractivity contribution in [2.45, 2.75) is 44.7 Å². The van der Waals surface area contributed by atoms with Gasteiger partial charge in [0.05, 0.1) is 6.04 Å². The predicted octanol–water partition coefficient (Wildman–Crippen LogP) is 4.23. The van der Waals surface area contributed by atoms with E-state index in [-0.39, 0.29) is 17.9 Å². The van der Waals surface area contributed by atoms with Crippen molar-refractivity contribution < 1.29 is 14.7 Å². The summed E-state index contributed by atoms with van der Waals surface area (Å²) in [5, 5.41) is 9.87. The largest absolute Gasteiger partial charge is 0.465 e. The van der Waals surface area contributed by atoms with Gasteiger partial charge < -0.3 is 5.11 Å². The van der Waals surface area contributed by atoms with Crippen molar-refractivity contribution in [3.63, 3.8) is 0 Å². The summed E-state index contributed by atoms with van der Waals surface area (Å²) in [6.45, 7) is 1.83. The summed E-state index contributed by atoms with van der Waals surface area (Å²) in [7, 11) is 0. The maximum atomic E-state index is 12.2. The monoisotopic (exact) mass is 319 g/mol. The van der Waals surface area contributed by atoms with Crippen molar-refractivity contribution in [2.24, 2.45) is 0 Å². The van der Waals surface area contributed by atoms with E-state index in [9.17, 15) is 14.7 Å². The third-order valence-corrected chi connectivity index (χ3v) is 4.80. The van der Waals surface area contributed by atoms with Gasteiger partial charge in [0.25, 0.3) is 0 Å². The van der Waals surface area contributed by atoms with Gasteiger partial charge in [-0.3, -0.25) is 9.69 Å². The second-order valence-electron chi connectivity index (χ2n) is 5.85. The Balaban J connectivity index is 2.01.